The molecule has 0 saturated heterocycles. The van der Waals surface area contributed by atoms with E-state index in [-0.39, 0.29) is 44.7 Å². The molecule has 0 bridgehead atoms. The molecule has 1 aromatic heterocycles. The van der Waals surface area contributed by atoms with Gasteiger partial charge in [-0.05, 0) is 194 Å². The van der Waals surface area contributed by atoms with Crippen molar-refractivity contribution in [1.29, 1.82) is 5.26 Å². The van der Waals surface area contributed by atoms with Crippen LogP contribution in [0.1, 0.15) is 144 Å². The fraction of sp³-hybridized carbons (Fsp3) is 0.215. The summed E-state index contributed by atoms with van der Waals surface area (Å²) in [6, 6.07) is 82.8. The highest BCUT2D eigenvalue weighted by atomic mass is 15.2. The molecule has 0 aliphatic carbocycles. The number of para-hydroxylation sites is 2. The minimum atomic E-state index is -0.454. The predicted molar refractivity (Wildman–Crippen MR) is 420 cm³/mol. The lowest BCUT2D eigenvalue weighted by Gasteiger charge is -2.45. The van der Waals surface area contributed by atoms with E-state index in [1.165, 1.54) is 27.8 Å². The van der Waals surface area contributed by atoms with Gasteiger partial charge in [-0.3, -0.25) is 0 Å². The highest BCUT2D eigenvalue weighted by Crippen LogP contribution is 2.51. The molecule has 0 saturated carbocycles. The lowest BCUT2D eigenvalue weighted by atomic mass is 9.33. The van der Waals surface area contributed by atoms with E-state index >= 15 is 0 Å². The molecule has 0 atom stereocenters. The first-order valence-corrected chi connectivity index (χ1v) is 34.6. The monoisotopic (exact) mass is 1280 g/mol. The van der Waals surface area contributed by atoms with Crippen molar-refractivity contribution in [3.63, 3.8) is 0 Å². The van der Waals surface area contributed by atoms with Crippen molar-refractivity contribution in [2.45, 2.75) is 131 Å². The molecule has 0 N–H and O–H groups in total. The van der Waals surface area contributed by atoms with Crippen LogP contribution in [-0.4, -0.2) is 11.3 Å². The molecule has 0 unspecified atom stereocenters. The summed E-state index contributed by atoms with van der Waals surface area (Å²) in [6.45, 7) is 33.7. The smallest absolute Gasteiger partial charge is 0.252 e. The molecule has 4 nitrogen and oxygen atoms in total. The molecule has 5 heteroatoms. The van der Waals surface area contributed by atoms with Crippen LogP contribution in [0.5, 0.6) is 0 Å². The third-order valence-electron chi connectivity index (χ3n) is 20.4. The van der Waals surface area contributed by atoms with Gasteiger partial charge in [0.2, 0.25) is 0 Å². The number of hydrogen-bond acceptors (Lipinski definition) is 3. The van der Waals surface area contributed by atoms with Crippen molar-refractivity contribution in [3.8, 4) is 67.4 Å². The Hall–Kier alpha value is -10.4. The second-order valence-corrected chi connectivity index (χ2v) is 32.3. The zero-order chi connectivity index (χ0) is 72.9. The van der Waals surface area contributed by atoms with E-state index in [1.54, 1.807) is 0 Å². The topological polar surface area (TPSA) is 35.2 Å². The molecular weight excluding hydrogens is 1180 g/mol. The van der Waals surface area contributed by atoms with Gasteiger partial charge < -0.3 is 14.4 Å². The minimum absolute atomic E-state index is 0.0761. The average molecular weight is 1280 g/mol. The molecule has 0 amide bonds. The van der Waals surface area contributed by atoms with Gasteiger partial charge in [0.05, 0.1) is 29.3 Å². The fourth-order valence-corrected chi connectivity index (χ4v) is 14.8. The summed E-state index contributed by atoms with van der Waals surface area (Å²) >= 11 is 0. The molecule has 482 valence electrons. The van der Waals surface area contributed by atoms with Crippen molar-refractivity contribution in [2.75, 3.05) is 9.80 Å². The maximum atomic E-state index is 12.4. The molecule has 98 heavy (non-hydrogen) atoms. The molecular formula is C93H87BN4. The lowest BCUT2D eigenvalue weighted by molar-refractivity contribution is 0.568. The van der Waals surface area contributed by atoms with Gasteiger partial charge in [-0.2, -0.15) is 5.26 Å². The number of anilines is 6. The van der Waals surface area contributed by atoms with Crippen LogP contribution in [0.15, 0.2) is 255 Å². The molecule has 3 heterocycles. The Morgan fingerprint density at radius 2 is 0.724 bits per heavy atom. The minimum Gasteiger partial charge on any atom is -0.311 e. The SMILES string of the molecule is [2H]c1c([2H])c([2H])c(-c2ccc3c(c2)N(c2cc(-c4ccccc4)cc(-c4ccc(C(C)(C)C)cc4)c2)c2cc(-c4cc(C(C)(C)C)cc(C(C)(C)C)c4)cc4c2B3c2ccc(-c3cc(C(C)(C)C)cc(C(C)(C)C)c3)cc2N4c2cccc(-n3c4ccccc4c4ccccc43)c2C#N)c([2H])c1[2H]. The predicted octanol–water partition coefficient (Wildman–Crippen LogP) is 23.6. The first-order valence-electron chi connectivity index (χ1n) is 37.1. The van der Waals surface area contributed by atoms with Gasteiger partial charge in [0.15, 0.2) is 0 Å². The first-order chi connectivity index (χ1) is 48.8. The van der Waals surface area contributed by atoms with E-state index < -0.39 is 24.8 Å². The van der Waals surface area contributed by atoms with Gasteiger partial charge in [-0.25, -0.2) is 0 Å². The fourth-order valence-electron chi connectivity index (χ4n) is 14.8. The Balaban J connectivity index is 1.12. The highest BCUT2D eigenvalue weighted by Gasteiger charge is 2.45. The first kappa shape index (κ1) is 57.8. The van der Waals surface area contributed by atoms with E-state index in [9.17, 15) is 8.00 Å². The normalized spacial score (nSPS) is 13.9. The Labute approximate surface area is 588 Å². The van der Waals surface area contributed by atoms with Crippen LogP contribution in [-0.2, 0) is 27.1 Å². The van der Waals surface area contributed by atoms with Crippen LogP contribution in [0, 0.1) is 11.3 Å². The van der Waals surface area contributed by atoms with Crippen molar-refractivity contribution < 1.29 is 6.85 Å². The average Bonchev–Trinajstić information content (AvgIpc) is 1.15. The zero-order valence-electron chi connectivity index (χ0n) is 64.2. The summed E-state index contributed by atoms with van der Waals surface area (Å²) in [4.78, 5) is 4.78. The molecule has 0 radical (unpaired) electrons. The highest BCUT2D eigenvalue weighted by molar-refractivity contribution is 7.00. The van der Waals surface area contributed by atoms with Crippen LogP contribution in [0.3, 0.4) is 0 Å². The van der Waals surface area contributed by atoms with Gasteiger partial charge in [-0.15, -0.1) is 0 Å². The van der Waals surface area contributed by atoms with Gasteiger partial charge in [0.25, 0.3) is 6.71 Å². The summed E-state index contributed by atoms with van der Waals surface area (Å²) in [5.41, 5.74) is 25.4. The molecule has 0 spiro atoms. The second kappa shape index (κ2) is 23.4. The molecule has 15 rings (SSSR count). The van der Waals surface area contributed by atoms with Crippen molar-refractivity contribution in [2.24, 2.45) is 0 Å². The quantitative estimate of drug-likeness (QED) is 0.142. The molecule has 2 aliphatic rings. The maximum absolute atomic E-state index is 12.4. The molecule has 13 aromatic rings. The Bertz CT molecular complexity index is 5540. The number of aromatic nitrogens is 1. The lowest BCUT2D eigenvalue weighted by Crippen LogP contribution is -2.61. The molecule has 0 fully saturated rings. The van der Waals surface area contributed by atoms with Crippen molar-refractivity contribution in [1.82, 2.24) is 4.57 Å². The van der Waals surface area contributed by atoms with Gasteiger partial charge in [0.1, 0.15) is 11.6 Å². The van der Waals surface area contributed by atoms with E-state index in [1.807, 2.05) is 12.1 Å². The van der Waals surface area contributed by atoms with Gasteiger partial charge >= 0.3 is 0 Å². The van der Waals surface area contributed by atoms with Crippen LogP contribution >= 0.6 is 0 Å². The number of nitrogens with zero attached hydrogens (tertiary/aromatic N) is 4. The number of fused-ring (bicyclic) bond motifs is 7. The molecule has 2 aliphatic heterocycles. The van der Waals surface area contributed by atoms with E-state index in [0.29, 0.717) is 11.1 Å². The zero-order valence-corrected chi connectivity index (χ0v) is 59.2. The van der Waals surface area contributed by atoms with Crippen LogP contribution in [0.2, 0.25) is 0 Å². The Morgan fingerprint density at radius 1 is 0.316 bits per heavy atom. The summed E-state index contributed by atoms with van der Waals surface area (Å²) in [6.07, 6.45) is 0. The third kappa shape index (κ3) is 11.2. The number of hydrogen-bond donors (Lipinski definition) is 0. The van der Waals surface area contributed by atoms with Crippen LogP contribution < -0.4 is 26.2 Å². The summed E-state index contributed by atoms with van der Waals surface area (Å²) in [7, 11) is 0. The van der Waals surface area contributed by atoms with E-state index in [4.69, 9.17) is 4.11 Å². The van der Waals surface area contributed by atoms with Crippen molar-refractivity contribution in [3.05, 3.63) is 288 Å². The van der Waals surface area contributed by atoms with Crippen LogP contribution in [0.25, 0.3) is 83.1 Å². The molecule has 12 aromatic carbocycles. The Morgan fingerprint density at radius 3 is 1.23 bits per heavy atom. The number of nitriles is 1. The standard InChI is InChI=1S/C93H87BN4/c1-89(2,3)69-41-37-61(38-42-69)65-45-64(60-29-20-17-21-30-60)50-74(51-65)96-84-52-62(59-27-18-16-19-28-59)39-43-78(84)94-79-44-40-63(66-46-70(90(4,5)6)56-71(47-66)91(7,8)9)53-85(79)98(87-55-68(54-86(96)88(87)94)67-48-72(92(10,11)12)57-73(49-67)93(13,14)15)83-36-26-35-82(77(83)58-95)97-80-33-24-22-31-75(80)76-32-23-25-34-81(76)97/h16-57H,1-15H3/i16D,18D,19D,27D,28D. The van der Waals surface area contributed by atoms with Gasteiger partial charge in [-0.1, -0.05) is 292 Å². The largest absolute Gasteiger partial charge is 0.311 e. The van der Waals surface area contributed by atoms with E-state index in [0.717, 1.165) is 123 Å². The summed E-state index contributed by atoms with van der Waals surface area (Å²) < 4.78 is 48.2. The van der Waals surface area contributed by atoms with Gasteiger partial charge in [0, 0.05) is 39.2 Å². The number of rotatable bonds is 8. The summed E-state index contributed by atoms with van der Waals surface area (Å²) in [5, 5.41) is 14.6. The van der Waals surface area contributed by atoms with Crippen molar-refractivity contribution >= 4 is 79.0 Å². The maximum Gasteiger partial charge on any atom is 0.252 e. The van der Waals surface area contributed by atoms with Crippen LogP contribution in [0.4, 0.5) is 34.1 Å². The Kier molecular flexibility index (Phi) is 13.8. The summed E-state index contributed by atoms with van der Waals surface area (Å²) in [5.74, 6) is 0. The number of benzene rings is 12. The second-order valence-electron chi connectivity index (χ2n) is 32.3. The third-order valence-corrected chi connectivity index (χ3v) is 20.4. The van der Waals surface area contributed by atoms with E-state index in [2.05, 4.69) is 337 Å².